The van der Waals surface area contributed by atoms with Crippen LogP contribution in [0.15, 0.2) is 59.4 Å². The Morgan fingerprint density at radius 1 is 1.03 bits per heavy atom. The predicted octanol–water partition coefficient (Wildman–Crippen LogP) is 4.30. The third-order valence-electron chi connectivity index (χ3n) is 5.56. The van der Waals surface area contributed by atoms with Crippen LogP contribution < -0.4 is 15.6 Å². The number of rotatable bonds is 7. The van der Waals surface area contributed by atoms with Crippen molar-refractivity contribution < 1.29 is 9.53 Å². The van der Waals surface area contributed by atoms with E-state index in [9.17, 15) is 9.59 Å². The average Bonchev–Trinajstić information content (AvgIpc) is 3.22. The monoisotopic (exact) mass is 474 g/mol. The molecule has 0 unspecified atom stereocenters. The minimum absolute atomic E-state index is 0.228. The van der Waals surface area contributed by atoms with Crippen LogP contribution in [0.25, 0.3) is 21.7 Å². The van der Waals surface area contributed by atoms with Gasteiger partial charge in [0.2, 0.25) is 0 Å². The molecule has 2 aromatic carbocycles. The van der Waals surface area contributed by atoms with E-state index in [1.54, 1.807) is 14.0 Å². The van der Waals surface area contributed by atoms with Gasteiger partial charge in [-0.05, 0) is 38.0 Å². The van der Waals surface area contributed by atoms with Gasteiger partial charge < -0.3 is 10.1 Å². The second-order valence-electron chi connectivity index (χ2n) is 7.91. The van der Waals surface area contributed by atoms with Gasteiger partial charge in [-0.25, -0.2) is 9.67 Å². The summed E-state index contributed by atoms with van der Waals surface area (Å²) >= 11 is 1.22. The van der Waals surface area contributed by atoms with Gasteiger partial charge in [-0.15, -0.1) is 11.3 Å². The topological polar surface area (TPSA) is 86.1 Å². The molecule has 2 heterocycles. The van der Waals surface area contributed by atoms with Crippen molar-refractivity contribution in [2.24, 2.45) is 7.05 Å². The Kier molecular flexibility index (Phi) is 6.88. The zero-order chi connectivity index (χ0) is 24.2. The minimum atomic E-state index is -0.235. The van der Waals surface area contributed by atoms with Crippen LogP contribution in [0, 0.1) is 20.8 Å². The molecule has 7 nitrogen and oxygen atoms in total. The average molecular weight is 475 g/mol. The highest BCUT2D eigenvalue weighted by atomic mass is 32.1. The minimum Gasteiger partial charge on any atom is -0.491 e. The molecule has 0 spiro atoms. The number of carbonyl (C=O) groups is 1. The Morgan fingerprint density at radius 2 is 1.74 bits per heavy atom. The van der Waals surface area contributed by atoms with Gasteiger partial charge in [0.05, 0.1) is 23.5 Å². The van der Waals surface area contributed by atoms with Gasteiger partial charge in [0.25, 0.3) is 11.5 Å². The maximum atomic E-state index is 12.8. The number of hydrogen-bond acceptors (Lipinski definition) is 6. The van der Waals surface area contributed by atoms with Gasteiger partial charge in [-0.1, -0.05) is 48.5 Å². The van der Waals surface area contributed by atoms with Crippen molar-refractivity contribution in [2.45, 2.75) is 20.8 Å². The van der Waals surface area contributed by atoms with E-state index in [-0.39, 0.29) is 11.5 Å². The summed E-state index contributed by atoms with van der Waals surface area (Å²) < 4.78 is 7.27. The molecule has 4 aromatic rings. The number of aromatic nitrogens is 3. The van der Waals surface area contributed by atoms with E-state index in [4.69, 9.17) is 4.74 Å². The molecule has 0 aliphatic carbocycles. The van der Waals surface area contributed by atoms with Gasteiger partial charge in [0.1, 0.15) is 22.2 Å². The lowest BCUT2D eigenvalue weighted by molar-refractivity contribution is 0.0950. The lowest BCUT2D eigenvalue weighted by Crippen LogP contribution is -2.28. The number of para-hydroxylation sites is 1. The summed E-state index contributed by atoms with van der Waals surface area (Å²) in [5, 5.41) is 7.64. The van der Waals surface area contributed by atoms with E-state index in [1.807, 2.05) is 68.4 Å². The highest BCUT2D eigenvalue weighted by molar-refractivity contribution is 7.17. The van der Waals surface area contributed by atoms with Crippen LogP contribution in [0.1, 0.15) is 26.6 Å². The number of nitrogens with one attached hydrogen (secondary N) is 1. The van der Waals surface area contributed by atoms with Gasteiger partial charge in [-0.3, -0.25) is 9.59 Å². The molecule has 0 saturated carbocycles. The van der Waals surface area contributed by atoms with E-state index in [0.29, 0.717) is 34.3 Å². The zero-order valence-corrected chi connectivity index (χ0v) is 20.4. The fraction of sp³-hybridized carbons (Fsp3) is 0.231. The lowest BCUT2D eigenvalue weighted by atomic mass is 10.1. The third-order valence-corrected chi connectivity index (χ3v) is 6.73. The Hall–Kier alpha value is -3.78. The lowest BCUT2D eigenvalue weighted by Gasteiger charge is -2.12. The number of amides is 1. The molecule has 0 fully saturated rings. The van der Waals surface area contributed by atoms with Crippen LogP contribution in [0.2, 0.25) is 0 Å². The van der Waals surface area contributed by atoms with Crippen molar-refractivity contribution >= 4 is 17.2 Å². The summed E-state index contributed by atoms with van der Waals surface area (Å²) in [6.45, 7) is 6.13. The first-order chi connectivity index (χ1) is 16.4. The van der Waals surface area contributed by atoms with Crippen molar-refractivity contribution in [3.05, 3.63) is 86.8 Å². The van der Waals surface area contributed by atoms with Crippen LogP contribution in [-0.4, -0.2) is 33.8 Å². The molecule has 0 aliphatic rings. The van der Waals surface area contributed by atoms with Crippen molar-refractivity contribution in [1.82, 2.24) is 20.1 Å². The second kappa shape index (κ2) is 10.0. The zero-order valence-electron chi connectivity index (χ0n) is 19.6. The molecule has 0 saturated heterocycles. The maximum absolute atomic E-state index is 12.8. The number of benzene rings is 2. The van der Waals surface area contributed by atoms with Crippen molar-refractivity contribution in [2.75, 3.05) is 13.2 Å². The smallest absolute Gasteiger partial charge is 0.277 e. The van der Waals surface area contributed by atoms with Crippen molar-refractivity contribution in [1.29, 1.82) is 0 Å². The summed E-state index contributed by atoms with van der Waals surface area (Å²) in [5.74, 6) is 0.528. The highest BCUT2D eigenvalue weighted by Gasteiger charge is 2.21. The van der Waals surface area contributed by atoms with Gasteiger partial charge in [0, 0.05) is 12.6 Å². The summed E-state index contributed by atoms with van der Waals surface area (Å²) in [7, 11) is 1.61. The van der Waals surface area contributed by atoms with E-state index in [0.717, 1.165) is 28.1 Å². The molecule has 0 atom stereocenters. The molecule has 2 aromatic heterocycles. The number of hydrogen-bond donors (Lipinski definition) is 1. The van der Waals surface area contributed by atoms with Crippen molar-refractivity contribution in [3.8, 4) is 27.4 Å². The number of thiazole rings is 1. The Morgan fingerprint density at radius 3 is 2.50 bits per heavy atom. The summed E-state index contributed by atoms with van der Waals surface area (Å²) in [5.41, 5.74) is 4.45. The van der Waals surface area contributed by atoms with Crippen LogP contribution in [-0.2, 0) is 7.05 Å². The van der Waals surface area contributed by atoms with E-state index in [1.165, 1.54) is 16.0 Å². The Labute approximate surface area is 202 Å². The Bertz CT molecular complexity index is 1390. The first-order valence-corrected chi connectivity index (χ1v) is 11.8. The molecule has 1 amide bonds. The SMILES string of the molecule is Cc1nc(-c2c(C)c(C)nn(C)c2=O)sc1C(=O)NCCOc1ccccc1-c1ccccc1. The summed E-state index contributed by atoms with van der Waals surface area (Å²) in [4.78, 5) is 30.5. The fourth-order valence-electron chi connectivity index (χ4n) is 3.67. The van der Waals surface area contributed by atoms with Gasteiger partial charge >= 0.3 is 0 Å². The first kappa shape index (κ1) is 23.4. The number of ether oxygens (including phenoxy) is 1. The fourth-order valence-corrected chi connectivity index (χ4v) is 4.75. The highest BCUT2D eigenvalue weighted by Crippen LogP contribution is 2.30. The molecule has 34 heavy (non-hydrogen) atoms. The predicted molar refractivity (Wildman–Crippen MR) is 135 cm³/mol. The maximum Gasteiger partial charge on any atom is 0.277 e. The number of aryl methyl sites for hydroxylation is 3. The molecule has 8 heteroatoms. The van der Waals surface area contributed by atoms with Crippen molar-refractivity contribution in [3.63, 3.8) is 0 Å². The normalized spacial score (nSPS) is 10.8. The van der Waals surface area contributed by atoms with E-state index in [2.05, 4.69) is 15.4 Å². The van der Waals surface area contributed by atoms with Gasteiger partial charge in [-0.2, -0.15) is 5.10 Å². The molecule has 0 radical (unpaired) electrons. The molecular formula is C26H26N4O3S. The summed E-state index contributed by atoms with van der Waals surface area (Å²) in [6, 6.07) is 17.9. The molecule has 1 N–H and O–H groups in total. The van der Waals surface area contributed by atoms with E-state index < -0.39 is 0 Å². The quantitative estimate of drug-likeness (QED) is 0.404. The van der Waals surface area contributed by atoms with Gasteiger partial charge in [0.15, 0.2) is 0 Å². The number of carbonyl (C=O) groups excluding carboxylic acids is 1. The second-order valence-corrected chi connectivity index (χ2v) is 8.91. The van der Waals surface area contributed by atoms with Crippen LogP contribution in [0.3, 0.4) is 0 Å². The van der Waals surface area contributed by atoms with Crippen LogP contribution >= 0.6 is 11.3 Å². The standard InChI is InChI=1S/C26H26N4O3S/c1-16-17(2)29-30(4)26(32)22(16)25-28-18(3)23(34-25)24(31)27-14-15-33-21-13-9-8-12-20(21)19-10-6-5-7-11-19/h5-13H,14-15H2,1-4H3,(H,27,31). The Balaban J connectivity index is 1.43. The molecule has 4 rings (SSSR count). The molecule has 174 valence electrons. The van der Waals surface area contributed by atoms with Crippen LogP contribution in [0.5, 0.6) is 5.75 Å². The molecular weight excluding hydrogens is 448 g/mol. The van der Waals surface area contributed by atoms with E-state index >= 15 is 0 Å². The summed E-state index contributed by atoms with van der Waals surface area (Å²) in [6.07, 6.45) is 0. The molecule has 0 aliphatic heterocycles. The third kappa shape index (κ3) is 4.77. The largest absolute Gasteiger partial charge is 0.491 e. The number of nitrogens with zero attached hydrogens (tertiary/aromatic N) is 3. The van der Waals surface area contributed by atoms with Crippen LogP contribution in [0.4, 0.5) is 0 Å². The molecule has 0 bridgehead atoms. The first-order valence-electron chi connectivity index (χ1n) is 10.9.